The molecule has 5 rings (SSSR count). The lowest BCUT2D eigenvalue weighted by atomic mass is 10.00. The standard InChI is InChI=1S/C28H26FN3O5/c1-32(2)15-27(33)37-28-23-13-21(34-16-20-7-5-18-12-19(29)6-9-24(18)31-20)8-10-25(23)35-17-26(28)36-22-4-3-11-30-14-22/h3-14,26,28H,15-17H2,1-2H3/t26-,28+/m1/s1. The van der Waals surface area contributed by atoms with Gasteiger partial charge in [0.25, 0.3) is 0 Å². The molecule has 9 heteroatoms. The molecule has 0 amide bonds. The summed E-state index contributed by atoms with van der Waals surface area (Å²) < 4.78 is 37.4. The van der Waals surface area contributed by atoms with E-state index >= 15 is 0 Å². The molecule has 0 aliphatic carbocycles. The van der Waals surface area contributed by atoms with Crippen LogP contribution in [0.3, 0.4) is 0 Å². The Kier molecular flexibility index (Phi) is 7.14. The first-order valence-corrected chi connectivity index (χ1v) is 11.8. The van der Waals surface area contributed by atoms with Crippen molar-refractivity contribution in [3.63, 3.8) is 0 Å². The summed E-state index contributed by atoms with van der Waals surface area (Å²) in [5.74, 6) is 1.00. The highest BCUT2D eigenvalue weighted by molar-refractivity contribution is 5.78. The fraction of sp³-hybridized carbons (Fsp3) is 0.250. The van der Waals surface area contributed by atoms with Gasteiger partial charge < -0.3 is 18.9 Å². The number of rotatable bonds is 8. The number of aromatic nitrogens is 2. The van der Waals surface area contributed by atoms with E-state index in [0.717, 1.165) is 5.39 Å². The number of halogens is 1. The van der Waals surface area contributed by atoms with Gasteiger partial charge in [-0.25, -0.2) is 9.37 Å². The van der Waals surface area contributed by atoms with Crippen LogP contribution in [0.25, 0.3) is 10.9 Å². The summed E-state index contributed by atoms with van der Waals surface area (Å²) in [4.78, 5) is 23.0. The molecule has 0 saturated heterocycles. The van der Waals surface area contributed by atoms with Gasteiger partial charge in [0, 0.05) is 17.1 Å². The van der Waals surface area contributed by atoms with Gasteiger partial charge in [0.15, 0.2) is 12.2 Å². The number of carbonyl (C=O) groups excluding carboxylic acids is 1. The van der Waals surface area contributed by atoms with Crippen molar-refractivity contribution in [2.45, 2.75) is 18.8 Å². The Morgan fingerprint density at radius 2 is 2.00 bits per heavy atom. The van der Waals surface area contributed by atoms with E-state index < -0.39 is 12.2 Å². The van der Waals surface area contributed by atoms with E-state index in [4.69, 9.17) is 18.9 Å². The van der Waals surface area contributed by atoms with Gasteiger partial charge >= 0.3 is 5.97 Å². The van der Waals surface area contributed by atoms with Crippen LogP contribution in [0.5, 0.6) is 17.2 Å². The summed E-state index contributed by atoms with van der Waals surface area (Å²) in [7, 11) is 3.60. The van der Waals surface area contributed by atoms with Crippen LogP contribution >= 0.6 is 0 Å². The molecular weight excluding hydrogens is 477 g/mol. The zero-order valence-electron chi connectivity index (χ0n) is 20.5. The largest absolute Gasteiger partial charge is 0.489 e. The van der Waals surface area contributed by atoms with Crippen LogP contribution in [0, 0.1) is 5.82 Å². The number of hydrogen-bond donors (Lipinski definition) is 0. The number of benzene rings is 2. The number of esters is 1. The molecule has 0 radical (unpaired) electrons. The molecule has 3 heterocycles. The molecule has 2 aromatic heterocycles. The highest BCUT2D eigenvalue weighted by Gasteiger charge is 2.36. The SMILES string of the molecule is CN(C)CC(=O)O[C@H]1c2cc(OCc3ccc4cc(F)ccc4n3)ccc2OC[C@H]1Oc1cccnc1. The van der Waals surface area contributed by atoms with Gasteiger partial charge in [-0.1, -0.05) is 6.07 Å². The predicted molar refractivity (Wildman–Crippen MR) is 134 cm³/mol. The van der Waals surface area contributed by atoms with E-state index in [1.807, 2.05) is 6.07 Å². The minimum atomic E-state index is -0.714. The van der Waals surface area contributed by atoms with Crippen LogP contribution in [0.2, 0.25) is 0 Å². The van der Waals surface area contributed by atoms with Crippen molar-refractivity contribution in [3.05, 3.63) is 90.1 Å². The Morgan fingerprint density at radius 1 is 1.11 bits per heavy atom. The average Bonchev–Trinajstić information content (AvgIpc) is 2.89. The van der Waals surface area contributed by atoms with Crippen LogP contribution in [-0.2, 0) is 16.1 Å². The monoisotopic (exact) mass is 503 g/mol. The maximum Gasteiger partial charge on any atom is 0.320 e. The lowest BCUT2D eigenvalue weighted by Gasteiger charge is -2.33. The van der Waals surface area contributed by atoms with Crippen molar-refractivity contribution in [2.75, 3.05) is 27.2 Å². The van der Waals surface area contributed by atoms with Crippen molar-refractivity contribution in [1.82, 2.24) is 14.9 Å². The summed E-state index contributed by atoms with van der Waals surface area (Å²) >= 11 is 0. The molecule has 0 fully saturated rings. The first-order chi connectivity index (χ1) is 17.9. The fourth-order valence-corrected chi connectivity index (χ4v) is 4.07. The third-order valence-electron chi connectivity index (χ3n) is 5.75. The third-order valence-corrected chi connectivity index (χ3v) is 5.75. The lowest BCUT2D eigenvalue weighted by molar-refractivity contribution is -0.157. The van der Waals surface area contributed by atoms with Crippen LogP contribution in [0.15, 0.2) is 73.1 Å². The Morgan fingerprint density at radius 3 is 2.81 bits per heavy atom. The van der Waals surface area contributed by atoms with Gasteiger partial charge in [-0.2, -0.15) is 0 Å². The minimum Gasteiger partial charge on any atom is -0.489 e. The summed E-state index contributed by atoms with van der Waals surface area (Å²) in [5, 5.41) is 0.719. The zero-order valence-corrected chi connectivity index (χ0v) is 20.5. The summed E-state index contributed by atoms with van der Waals surface area (Å²) in [5.41, 5.74) is 2.02. The first kappa shape index (κ1) is 24.5. The summed E-state index contributed by atoms with van der Waals surface area (Å²) in [6, 6.07) is 17.0. The van der Waals surface area contributed by atoms with Gasteiger partial charge in [0.2, 0.25) is 0 Å². The molecular formula is C28H26FN3O5. The van der Waals surface area contributed by atoms with Crippen LogP contribution in [-0.4, -0.2) is 54.2 Å². The molecule has 2 atom stereocenters. The number of likely N-dealkylation sites (N-methyl/N-ethyl adjacent to an activating group) is 1. The molecule has 2 aromatic carbocycles. The Hall–Kier alpha value is -4.24. The molecule has 190 valence electrons. The van der Waals surface area contributed by atoms with Gasteiger partial charge in [-0.15, -0.1) is 0 Å². The quantitative estimate of drug-likeness (QED) is 0.329. The second-order valence-electron chi connectivity index (χ2n) is 8.93. The number of ether oxygens (including phenoxy) is 4. The lowest BCUT2D eigenvalue weighted by Crippen LogP contribution is -2.39. The molecule has 4 aromatic rings. The second kappa shape index (κ2) is 10.8. The molecule has 0 bridgehead atoms. The Labute approximate surface area is 213 Å². The number of fused-ring (bicyclic) bond motifs is 2. The van der Waals surface area contributed by atoms with Crippen molar-refractivity contribution >= 4 is 16.9 Å². The smallest absolute Gasteiger partial charge is 0.320 e. The normalized spacial score (nSPS) is 16.6. The zero-order chi connectivity index (χ0) is 25.8. The fourth-order valence-electron chi connectivity index (χ4n) is 4.07. The maximum absolute atomic E-state index is 13.5. The van der Waals surface area contributed by atoms with E-state index in [0.29, 0.717) is 34.0 Å². The second-order valence-corrected chi connectivity index (χ2v) is 8.93. The molecule has 1 aliphatic rings. The summed E-state index contributed by atoms with van der Waals surface area (Å²) in [6.07, 6.45) is 1.95. The van der Waals surface area contributed by atoms with Crippen LogP contribution in [0.1, 0.15) is 17.4 Å². The van der Waals surface area contributed by atoms with Crippen molar-refractivity contribution in [2.24, 2.45) is 0 Å². The van der Waals surface area contributed by atoms with Gasteiger partial charge in [0.1, 0.15) is 36.3 Å². The van der Waals surface area contributed by atoms with E-state index in [9.17, 15) is 9.18 Å². The molecule has 0 spiro atoms. The molecule has 0 saturated carbocycles. The molecule has 1 aliphatic heterocycles. The van der Waals surface area contributed by atoms with Crippen molar-refractivity contribution in [1.29, 1.82) is 0 Å². The number of nitrogens with zero attached hydrogens (tertiary/aromatic N) is 3. The van der Waals surface area contributed by atoms with Gasteiger partial charge in [-0.3, -0.25) is 14.7 Å². The van der Waals surface area contributed by atoms with Crippen molar-refractivity contribution in [3.8, 4) is 17.2 Å². The van der Waals surface area contributed by atoms with Gasteiger partial charge in [0.05, 0.1) is 24.0 Å². The summed E-state index contributed by atoms with van der Waals surface area (Å²) in [6.45, 7) is 0.525. The maximum atomic E-state index is 13.5. The highest BCUT2D eigenvalue weighted by atomic mass is 19.1. The highest BCUT2D eigenvalue weighted by Crippen LogP contribution is 2.39. The van der Waals surface area contributed by atoms with Crippen LogP contribution < -0.4 is 14.2 Å². The topological polar surface area (TPSA) is 83.0 Å². The van der Waals surface area contributed by atoms with E-state index in [-0.39, 0.29) is 31.5 Å². The Balaban J connectivity index is 1.37. The van der Waals surface area contributed by atoms with Gasteiger partial charge in [-0.05, 0) is 68.7 Å². The Bertz CT molecular complexity index is 1400. The molecule has 0 unspecified atom stereocenters. The molecule has 37 heavy (non-hydrogen) atoms. The number of pyridine rings is 2. The average molecular weight is 504 g/mol. The predicted octanol–water partition coefficient (Wildman–Crippen LogP) is 4.33. The van der Waals surface area contributed by atoms with E-state index in [1.54, 1.807) is 73.9 Å². The third kappa shape index (κ3) is 5.95. The number of hydrogen-bond acceptors (Lipinski definition) is 8. The van der Waals surface area contributed by atoms with Crippen LogP contribution in [0.4, 0.5) is 4.39 Å². The first-order valence-electron chi connectivity index (χ1n) is 11.8. The minimum absolute atomic E-state index is 0.125. The van der Waals surface area contributed by atoms with Crippen molar-refractivity contribution < 1.29 is 28.1 Å². The molecule has 0 N–H and O–H groups in total. The van der Waals surface area contributed by atoms with E-state index in [1.165, 1.54) is 12.1 Å². The number of carbonyl (C=O) groups is 1. The molecule has 8 nitrogen and oxygen atoms in total. The van der Waals surface area contributed by atoms with E-state index in [2.05, 4.69) is 9.97 Å².